The lowest BCUT2D eigenvalue weighted by atomic mass is 10.1. The molecule has 1 aromatic carbocycles. The number of hydrogen-bond donors (Lipinski definition) is 0. The van der Waals surface area contributed by atoms with Crippen molar-refractivity contribution < 1.29 is 9.18 Å². The molecule has 8 heteroatoms. The van der Waals surface area contributed by atoms with Crippen LogP contribution in [0.5, 0.6) is 0 Å². The molecule has 0 bridgehead atoms. The molecule has 5 rings (SSSR count). The zero-order valence-electron chi connectivity index (χ0n) is 16.1. The van der Waals surface area contributed by atoms with Crippen molar-refractivity contribution >= 4 is 23.4 Å². The third kappa shape index (κ3) is 3.33. The summed E-state index contributed by atoms with van der Waals surface area (Å²) < 4.78 is 15.8. The molecule has 1 aromatic heterocycles. The Bertz CT molecular complexity index is 1020. The molecule has 152 valence electrons. The van der Waals surface area contributed by atoms with Gasteiger partial charge in [-0.3, -0.25) is 14.2 Å². The first kappa shape index (κ1) is 18.7. The van der Waals surface area contributed by atoms with Gasteiger partial charge in [-0.25, -0.2) is 9.37 Å². The number of aryl methyl sites for hydroxylation is 1. The highest BCUT2D eigenvalue weighted by atomic mass is 32.2. The Balaban J connectivity index is 1.25. The van der Waals surface area contributed by atoms with Crippen LogP contribution in [0.25, 0.3) is 0 Å². The summed E-state index contributed by atoms with van der Waals surface area (Å²) >= 11 is 1.58. The molecule has 1 aliphatic carbocycles. The van der Waals surface area contributed by atoms with E-state index in [-0.39, 0.29) is 23.3 Å². The molecule has 0 spiro atoms. The van der Waals surface area contributed by atoms with Crippen molar-refractivity contribution in [3.63, 3.8) is 0 Å². The van der Waals surface area contributed by atoms with Crippen LogP contribution in [-0.4, -0.2) is 52.3 Å². The van der Waals surface area contributed by atoms with E-state index in [0.29, 0.717) is 44.0 Å². The van der Waals surface area contributed by atoms with Crippen molar-refractivity contribution in [2.24, 2.45) is 0 Å². The summed E-state index contributed by atoms with van der Waals surface area (Å²) in [5.74, 6) is 0.543. The molecule has 0 N–H and O–H groups in total. The first-order valence-electron chi connectivity index (χ1n) is 10.2. The first-order valence-corrected chi connectivity index (χ1v) is 11.1. The molecule has 1 fully saturated rings. The standard InChI is InChI=1S/C21H23FN4O2S/c22-16-5-1-2-7-18(16)24-8-10-25(11-9-24)19(27)12-14-13-29-21-23-17-6-3-4-15(17)20(28)26(14)21/h1-2,5,7,14H,3-4,6,8-13H2/t14-/m0/s1. The first-order chi connectivity index (χ1) is 14.1. The van der Waals surface area contributed by atoms with E-state index in [2.05, 4.69) is 4.98 Å². The van der Waals surface area contributed by atoms with Crippen molar-refractivity contribution in [1.82, 2.24) is 14.5 Å². The molecule has 3 aliphatic rings. The van der Waals surface area contributed by atoms with E-state index >= 15 is 0 Å². The number of para-hydroxylation sites is 1. The number of anilines is 1. The summed E-state index contributed by atoms with van der Waals surface area (Å²) in [6, 6.07) is 6.62. The number of benzene rings is 1. The van der Waals surface area contributed by atoms with Gasteiger partial charge >= 0.3 is 0 Å². The van der Waals surface area contributed by atoms with Crippen molar-refractivity contribution in [3.05, 3.63) is 51.7 Å². The van der Waals surface area contributed by atoms with E-state index in [1.54, 1.807) is 28.5 Å². The molecule has 2 aromatic rings. The van der Waals surface area contributed by atoms with Gasteiger partial charge in [0, 0.05) is 43.9 Å². The highest BCUT2D eigenvalue weighted by Gasteiger charge is 2.33. The smallest absolute Gasteiger partial charge is 0.257 e. The van der Waals surface area contributed by atoms with Gasteiger partial charge in [0.2, 0.25) is 5.91 Å². The SMILES string of the molecule is O=C(C[C@H]1CSc2nc3c(c(=O)n21)CCC3)N1CCN(c2ccccc2F)CC1. The largest absolute Gasteiger partial charge is 0.366 e. The van der Waals surface area contributed by atoms with Crippen LogP contribution >= 0.6 is 11.8 Å². The minimum atomic E-state index is -0.230. The van der Waals surface area contributed by atoms with Gasteiger partial charge in [0.1, 0.15) is 5.82 Å². The monoisotopic (exact) mass is 414 g/mol. The molecule has 1 atom stereocenters. The zero-order valence-corrected chi connectivity index (χ0v) is 17.0. The van der Waals surface area contributed by atoms with Crippen LogP contribution in [0.3, 0.4) is 0 Å². The van der Waals surface area contributed by atoms with Gasteiger partial charge < -0.3 is 9.80 Å². The third-order valence-corrected chi connectivity index (χ3v) is 7.21. The van der Waals surface area contributed by atoms with Crippen LogP contribution < -0.4 is 10.5 Å². The Kier molecular flexibility index (Phi) is 4.81. The number of piperazine rings is 1. The highest BCUT2D eigenvalue weighted by molar-refractivity contribution is 7.99. The van der Waals surface area contributed by atoms with E-state index in [0.717, 1.165) is 35.7 Å². The second-order valence-corrected chi connectivity index (χ2v) is 8.82. The maximum absolute atomic E-state index is 14.0. The van der Waals surface area contributed by atoms with Gasteiger partial charge in [-0.2, -0.15) is 0 Å². The topological polar surface area (TPSA) is 58.4 Å². The Morgan fingerprint density at radius 1 is 1.17 bits per heavy atom. The highest BCUT2D eigenvalue weighted by Crippen LogP contribution is 2.34. The van der Waals surface area contributed by atoms with Crippen LogP contribution in [0.15, 0.2) is 34.2 Å². The number of aromatic nitrogens is 2. The summed E-state index contributed by atoms with van der Waals surface area (Å²) in [6.45, 7) is 2.35. The predicted octanol–water partition coefficient (Wildman–Crippen LogP) is 2.26. The van der Waals surface area contributed by atoms with Gasteiger partial charge in [0.05, 0.1) is 17.4 Å². The third-order valence-electron chi connectivity index (χ3n) is 6.11. The summed E-state index contributed by atoms with van der Waals surface area (Å²) in [7, 11) is 0. The van der Waals surface area contributed by atoms with Crippen LogP contribution in [0.2, 0.25) is 0 Å². The van der Waals surface area contributed by atoms with Crippen molar-refractivity contribution in [1.29, 1.82) is 0 Å². The number of carbonyl (C=O) groups is 1. The Labute approximate surface area is 172 Å². The molecule has 6 nitrogen and oxygen atoms in total. The summed E-state index contributed by atoms with van der Waals surface area (Å²) in [5, 5.41) is 0.762. The number of fused-ring (bicyclic) bond motifs is 2. The summed E-state index contributed by atoms with van der Waals surface area (Å²) in [5.41, 5.74) is 2.43. The Hall–Kier alpha value is -2.35. The van der Waals surface area contributed by atoms with Crippen LogP contribution in [0.1, 0.15) is 30.1 Å². The molecule has 29 heavy (non-hydrogen) atoms. The molecular formula is C21H23FN4O2S. The quantitative estimate of drug-likeness (QED) is 0.721. The van der Waals surface area contributed by atoms with Crippen LogP contribution in [-0.2, 0) is 17.6 Å². The van der Waals surface area contributed by atoms with Crippen LogP contribution in [0, 0.1) is 5.82 Å². The van der Waals surface area contributed by atoms with Gasteiger partial charge in [0.15, 0.2) is 5.16 Å². The molecule has 1 amide bonds. The molecule has 0 saturated carbocycles. The maximum atomic E-state index is 14.0. The number of thioether (sulfide) groups is 1. The van der Waals surface area contributed by atoms with Crippen LogP contribution in [0.4, 0.5) is 10.1 Å². The average molecular weight is 415 g/mol. The van der Waals surface area contributed by atoms with Gasteiger partial charge in [-0.05, 0) is 31.4 Å². The zero-order chi connectivity index (χ0) is 20.0. The van der Waals surface area contributed by atoms with Crippen molar-refractivity contribution in [3.8, 4) is 0 Å². The molecular weight excluding hydrogens is 391 g/mol. The van der Waals surface area contributed by atoms with E-state index < -0.39 is 0 Å². The molecule has 0 radical (unpaired) electrons. The van der Waals surface area contributed by atoms with E-state index in [4.69, 9.17) is 0 Å². The van der Waals surface area contributed by atoms with E-state index in [1.165, 1.54) is 6.07 Å². The minimum Gasteiger partial charge on any atom is -0.366 e. The van der Waals surface area contributed by atoms with Gasteiger partial charge in [0.25, 0.3) is 5.56 Å². The number of halogens is 1. The van der Waals surface area contributed by atoms with Gasteiger partial charge in [-0.1, -0.05) is 23.9 Å². The number of hydrogen-bond acceptors (Lipinski definition) is 5. The fraction of sp³-hybridized carbons (Fsp3) is 0.476. The van der Waals surface area contributed by atoms with Crippen molar-refractivity contribution in [2.75, 3.05) is 36.8 Å². The number of nitrogens with zero attached hydrogens (tertiary/aromatic N) is 4. The number of carbonyl (C=O) groups excluding carboxylic acids is 1. The predicted molar refractivity (Wildman–Crippen MR) is 110 cm³/mol. The van der Waals surface area contributed by atoms with E-state index in [1.807, 2.05) is 15.9 Å². The molecule has 2 aliphatic heterocycles. The van der Waals surface area contributed by atoms with E-state index in [9.17, 15) is 14.0 Å². The lowest BCUT2D eigenvalue weighted by molar-refractivity contribution is -0.132. The number of amides is 1. The molecule has 0 unspecified atom stereocenters. The summed E-state index contributed by atoms with van der Waals surface area (Å²) in [4.78, 5) is 34.3. The second kappa shape index (κ2) is 7.48. The lowest BCUT2D eigenvalue weighted by Crippen LogP contribution is -2.49. The lowest BCUT2D eigenvalue weighted by Gasteiger charge is -2.36. The normalized spacial score (nSPS) is 20.7. The molecule has 1 saturated heterocycles. The Morgan fingerprint density at radius 3 is 2.76 bits per heavy atom. The van der Waals surface area contributed by atoms with Crippen molar-refractivity contribution in [2.45, 2.75) is 36.9 Å². The fourth-order valence-corrected chi connectivity index (χ4v) is 5.69. The number of rotatable bonds is 3. The molecule has 3 heterocycles. The summed E-state index contributed by atoms with van der Waals surface area (Å²) in [6.07, 6.45) is 2.99. The minimum absolute atomic E-state index is 0.0506. The Morgan fingerprint density at radius 2 is 1.97 bits per heavy atom. The average Bonchev–Trinajstić information content (AvgIpc) is 3.36. The second-order valence-electron chi connectivity index (χ2n) is 7.84. The van der Waals surface area contributed by atoms with Gasteiger partial charge in [-0.15, -0.1) is 0 Å². The maximum Gasteiger partial charge on any atom is 0.257 e. The fourth-order valence-electron chi connectivity index (χ4n) is 4.54.